The van der Waals surface area contributed by atoms with E-state index in [1.165, 1.54) is 0 Å². The van der Waals surface area contributed by atoms with Gasteiger partial charge in [0.15, 0.2) is 0 Å². The van der Waals surface area contributed by atoms with E-state index in [0.29, 0.717) is 71.0 Å². The first-order valence-corrected chi connectivity index (χ1v) is 31.7. The number of carbonyl (C=O) groups is 8. The van der Waals surface area contributed by atoms with Crippen molar-refractivity contribution in [2.24, 2.45) is 34.8 Å². The molecule has 90 heavy (non-hydrogen) atoms. The van der Waals surface area contributed by atoms with Gasteiger partial charge in [0.25, 0.3) is 0 Å². The number of hydrogen-bond donors (Lipinski definition) is 21. The van der Waals surface area contributed by atoms with E-state index in [1.54, 1.807) is 0 Å². The number of nitrogens with one attached hydrogen (secondary N) is 17. The second kappa shape index (κ2) is 41.0. The van der Waals surface area contributed by atoms with Crippen LogP contribution in [0.5, 0.6) is 0 Å². The molecule has 4 aromatic rings. The lowest BCUT2D eigenvalue weighted by atomic mass is 10.0. The summed E-state index contributed by atoms with van der Waals surface area (Å²) in [5.41, 5.74) is 26.3. The van der Waals surface area contributed by atoms with Gasteiger partial charge < -0.3 is 113 Å². The second-order valence-electron chi connectivity index (χ2n) is 23.8. The molecule has 0 aliphatic rings. The first-order valence-electron chi connectivity index (χ1n) is 31.7. The number of aromatic nitrogens is 2. The van der Waals surface area contributed by atoms with Gasteiger partial charge in [-0.3, -0.25) is 0 Å². The van der Waals surface area contributed by atoms with Gasteiger partial charge in [-0.05, 0) is 120 Å². The van der Waals surface area contributed by atoms with Crippen molar-refractivity contribution >= 4 is 70.1 Å². The fourth-order valence-corrected chi connectivity index (χ4v) is 10.0. The lowest BCUT2D eigenvalue weighted by molar-refractivity contribution is 0.221. The fraction of sp³-hybridized carbons (Fsp3) is 0.607. The molecule has 4 rings (SSSR count). The van der Waals surface area contributed by atoms with E-state index in [2.05, 4.69) is 89.7 Å². The Hall–Kier alpha value is -8.44. The van der Waals surface area contributed by atoms with Crippen LogP contribution in [-0.4, -0.2) is 172 Å². The molecular formula is C61H105N21O8. The first-order chi connectivity index (χ1) is 43.2. The van der Waals surface area contributed by atoms with Gasteiger partial charge in [-0.1, -0.05) is 83.4 Å². The third kappa shape index (κ3) is 29.3. The second-order valence-corrected chi connectivity index (χ2v) is 23.8. The third-order valence-electron chi connectivity index (χ3n) is 15.2. The first kappa shape index (κ1) is 74.0. The highest BCUT2D eigenvalue weighted by atomic mass is 16.2. The van der Waals surface area contributed by atoms with Crippen molar-refractivity contribution in [1.82, 2.24) is 89.7 Å². The third-order valence-corrected chi connectivity index (χ3v) is 15.2. The molecule has 16 amide bonds. The molecule has 29 heteroatoms. The number of urea groups is 8. The zero-order valence-corrected chi connectivity index (χ0v) is 53.5. The molecule has 2 heterocycles. The number of carbonyl (C=O) groups excluding carboxylic acids is 8. The van der Waals surface area contributed by atoms with Crippen molar-refractivity contribution in [2.45, 2.75) is 161 Å². The fourth-order valence-electron chi connectivity index (χ4n) is 10.0. The SMILES string of the molecule is CC(C)NC(=O)N[C@H](CNC(=O)N[C@@H](CCCCN)CNC(=O)N[C@H](CNC(=O)N[C@H](CNC(=O)N[C@@H](CCCCN)CNC(=O)N[C@H](CNC(=O)N[C@@H](CCCCN)CNC(N)=O)Cc1c[nH]c2ccccc12)C(C)C)Cc1c[nH]c2ccccc12)C(C)C. The van der Waals surface area contributed by atoms with Gasteiger partial charge in [0, 0.05) is 104 Å². The minimum Gasteiger partial charge on any atom is -0.361 e. The van der Waals surface area contributed by atoms with Crippen molar-refractivity contribution in [2.75, 3.05) is 65.4 Å². The molecule has 0 aliphatic heterocycles. The van der Waals surface area contributed by atoms with Crippen molar-refractivity contribution in [3.8, 4) is 0 Å². The monoisotopic (exact) mass is 1260 g/mol. The molecule has 0 saturated heterocycles. The number of amides is 16. The summed E-state index contributed by atoms with van der Waals surface area (Å²) in [6.07, 6.45) is 10.2. The Balaban J connectivity index is 1.36. The smallest absolute Gasteiger partial charge is 0.315 e. The van der Waals surface area contributed by atoms with Crippen LogP contribution in [0.2, 0.25) is 0 Å². The maximum absolute atomic E-state index is 13.7. The lowest BCUT2D eigenvalue weighted by Gasteiger charge is -2.26. The number of rotatable bonds is 40. The number of unbranched alkanes of at least 4 members (excludes halogenated alkanes) is 3. The number of primary amides is 1. The number of H-pyrrole nitrogens is 2. The number of aromatic amines is 2. The number of nitrogens with two attached hydrogens (primary N) is 4. The summed E-state index contributed by atoms with van der Waals surface area (Å²) in [4.78, 5) is 112. The Morgan fingerprint density at radius 2 is 0.689 bits per heavy atom. The molecule has 0 aliphatic carbocycles. The topological polar surface area (TPSA) is 453 Å². The van der Waals surface area contributed by atoms with E-state index < -0.39 is 78.5 Å². The molecule has 0 bridgehead atoms. The molecule has 2 aromatic heterocycles. The summed E-state index contributed by atoms with van der Waals surface area (Å²) in [7, 11) is 0. The van der Waals surface area contributed by atoms with Crippen LogP contribution in [0, 0.1) is 11.8 Å². The maximum Gasteiger partial charge on any atom is 0.315 e. The van der Waals surface area contributed by atoms with E-state index in [0.717, 1.165) is 52.2 Å². The largest absolute Gasteiger partial charge is 0.361 e. The van der Waals surface area contributed by atoms with E-state index in [-0.39, 0.29) is 75.8 Å². The van der Waals surface area contributed by atoms with Crippen molar-refractivity contribution in [1.29, 1.82) is 0 Å². The Kier molecular flexibility index (Phi) is 33.7. The maximum atomic E-state index is 13.7. The van der Waals surface area contributed by atoms with Crippen LogP contribution in [0.1, 0.15) is 110 Å². The number of benzene rings is 2. The van der Waals surface area contributed by atoms with E-state index in [1.807, 2.05) is 102 Å². The van der Waals surface area contributed by atoms with Crippen molar-refractivity contribution in [3.63, 3.8) is 0 Å². The summed E-state index contributed by atoms with van der Waals surface area (Å²) >= 11 is 0. The van der Waals surface area contributed by atoms with Gasteiger partial charge in [-0.2, -0.15) is 0 Å². The van der Waals surface area contributed by atoms with E-state index in [4.69, 9.17) is 22.9 Å². The van der Waals surface area contributed by atoms with Crippen molar-refractivity contribution < 1.29 is 38.4 Å². The number of fused-ring (bicyclic) bond motifs is 2. The Labute approximate surface area is 529 Å². The van der Waals surface area contributed by atoms with Gasteiger partial charge in [-0.25, -0.2) is 38.4 Å². The van der Waals surface area contributed by atoms with Crippen LogP contribution in [0.15, 0.2) is 60.9 Å². The van der Waals surface area contributed by atoms with Gasteiger partial charge in [0.05, 0.1) is 24.2 Å². The number of hydrogen-bond acceptors (Lipinski definition) is 11. The normalized spacial score (nSPS) is 13.6. The molecule has 0 spiro atoms. The summed E-state index contributed by atoms with van der Waals surface area (Å²) in [5, 5.41) is 45.3. The molecule has 502 valence electrons. The van der Waals surface area contributed by atoms with Gasteiger partial charge in [0.2, 0.25) is 0 Å². The predicted octanol–water partition coefficient (Wildman–Crippen LogP) is 2.88. The van der Waals surface area contributed by atoms with Gasteiger partial charge >= 0.3 is 48.2 Å². The molecule has 0 fully saturated rings. The average Bonchev–Trinajstić information content (AvgIpc) is 1.90. The van der Waals surface area contributed by atoms with Crippen molar-refractivity contribution in [3.05, 3.63) is 72.1 Å². The quantitative estimate of drug-likeness (QED) is 0.0287. The highest BCUT2D eigenvalue weighted by Crippen LogP contribution is 2.21. The van der Waals surface area contributed by atoms with Gasteiger partial charge in [-0.15, -0.1) is 0 Å². The summed E-state index contributed by atoms with van der Waals surface area (Å²) in [6, 6.07) is 7.92. The molecule has 7 atom stereocenters. The Morgan fingerprint density at radius 1 is 0.378 bits per heavy atom. The molecule has 0 radical (unpaired) electrons. The lowest BCUT2D eigenvalue weighted by Crippen LogP contribution is -2.56. The predicted molar refractivity (Wildman–Crippen MR) is 353 cm³/mol. The van der Waals surface area contributed by atoms with Crippen LogP contribution in [0.4, 0.5) is 38.4 Å². The molecule has 29 nitrogen and oxygen atoms in total. The zero-order chi connectivity index (χ0) is 65.8. The molecule has 0 saturated carbocycles. The molecule has 2 aromatic carbocycles. The van der Waals surface area contributed by atoms with Gasteiger partial charge in [0.1, 0.15) is 0 Å². The Bertz CT molecular complexity index is 2810. The van der Waals surface area contributed by atoms with Crippen LogP contribution in [-0.2, 0) is 12.8 Å². The standard InChI is InChI=1S/C61H105N21O8/c1-38(2)52(36-73-58(87)77-44(18-12-15-25-63)32-69-56(85)79-46(27-41-29-66-50-22-9-7-20-48(41)50)34-71-55(84)76-43(17-11-14-24-62)31-68-54(65)83)81-60(89)72-35-47(28-42-30-67-51-23-10-8-21-49(42)51)80-57(86)70-33-45(19-13-16-26-64)78-59(88)74-37-53(39(3)4)82-61(90)75-40(5)6/h7-10,20-23,29-30,38-40,43-47,52-53,66-67H,11-19,24-28,31-37,62-64H2,1-6H3,(H3,65,68,83)(H2,69,79,85)(H2,70,80,86)(H2,71,76,84)(H2,72,81,89)(H2,73,77,87)(H2,74,78,88)(H2,75,82,90)/t43-,44-,45-,46-,47-,52+,53+/m0/s1. The average molecular weight is 1260 g/mol. The van der Waals surface area contributed by atoms with Crippen LogP contribution < -0.4 is 103 Å². The summed E-state index contributed by atoms with van der Waals surface area (Å²) in [5.74, 6) is -0.107. The molecule has 25 N–H and O–H groups in total. The molecular weight excluding hydrogens is 1150 g/mol. The van der Waals surface area contributed by atoms with Crippen LogP contribution >= 0.6 is 0 Å². The van der Waals surface area contributed by atoms with Crippen LogP contribution in [0.3, 0.4) is 0 Å². The highest BCUT2D eigenvalue weighted by Gasteiger charge is 2.25. The number of para-hydroxylation sites is 2. The summed E-state index contributed by atoms with van der Waals surface area (Å²) in [6.45, 7) is 13.4. The van der Waals surface area contributed by atoms with Crippen LogP contribution in [0.25, 0.3) is 21.8 Å². The van der Waals surface area contributed by atoms with E-state index >= 15 is 0 Å². The zero-order valence-electron chi connectivity index (χ0n) is 53.5. The molecule has 0 unspecified atom stereocenters. The summed E-state index contributed by atoms with van der Waals surface area (Å²) < 4.78 is 0. The van der Waals surface area contributed by atoms with E-state index in [9.17, 15) is 38.4 Å². The Morgan fingerprint density at radius 3 is 1.03 bits per heavy atom. The minimum absolute atomic E-state index is 0.0208. The minimum atomic E-state index is -0.712. The highest BCUT2D eigenvalue weighted by molar-refractivity contribution is 5.85.